The van der Waals surface area contributed by atoms with Crippen LogP contribution in [0.15, 0.2) is 6.20 Å². The van der Waals surface area contributed by atoms with E-state index < -0.39 is 0 Å². The smallest absolute Gasteiger partial charge is 0.221 e. The van der Waals surface area contributed by atoms with Crippen molar-refractivity contribution >= 4 is 11.8 Å². The third-order valence-corrected chi connectivity index (χ3v) is 1.95. The average molecular weight is 195 g/mol. The van der Waals surface area contributed by atoms with Crippen LogP contribution in [0.3, 0.4) is 0 Å². The number of nitrogens with two attached hydrogens (primary N) is 1. The first-order valence-electron chi connectivity index (χ1n) is 4.57. The molecule has 0 saturated heterocycles. The largest absolute Gasteiger partial charge is 0.373 e. The van der Waals surface area contributed by atoms with Crippen LogP contribution < -0.4 is 11.1 Å². The first kappa shape index (κ1) is 10.7. The lowest BCUT2D eigenvalue weighted by atomic mass is 10.2. The molecule has 0 saturated carbocycles. The van der Waals surface area contributed by atoms with Gasteiger partial charge in [-0.25, -0.2) is 4.98 Å². The van der Waals surface area contributed by atoms with Crippen molar-refractivity contribution in [2.45, 2.75) is 6.42 Å². The van der Waals surface area contributed by atoms with Crippen LogP contribution in [-0.2, 0) is 6.42 Å². The summed E-state index contributed by atoms with van der Waals surface area (Å²) in [4.78, 5) is 10.2. The van der Waals surface area contributed by atoms with Gasteiger partial charge in [0, 0.05) is 25.4 Å². The van der Waals surface area contributed by atoms with E-state index in [0.717, 1.165) is 24.3 Å². The van der Waals surface area contributed by atoms with E-state index in [1.165, 1.54) is 0 Å². The predicted octanol–water partition coefficient (Wildman–Crippen LogP) is 0.205. The van der Waals surface area contributed by atoms with E-state index >= 15 is 0 Å². The first-order chi connectivity index (χ1) is 6.63. The summed E-state index contributed by atoms with van der Waals surface area (Å²) in [6.07, 6.45) is 2.70. The van der Waals surface area contributed by atoms with Gasteiger partial charge in [0.2, 0.25) is 5.95 Å². The monoisotopic (exact) mass is 195 g/mol. The Labute approximate surface area is 84.3 Å². The molecule has 1 rings (SSSR count). The molecule has 5 nitrogen and oxygen atoms in total. The second kappa shape index (κ2) is 4.76. The van der Waals surface area contributed by atoms with E-state index in [9.17, 15) is 0 Å². The van der Waals surface area contributed by atoms with E-state index in [1.807, 2.05) is 21.1 Å². The van der Waals surface area contributed by atoms with E-state index in [0.29, 0.717) is 5.95 Å². The molecule has 0 aliphatic heterocycles. The van der Waals surface area contributed by atoms with Crippen LogP contribution in [-0.4, -0.2) is 42.6 Å². The van der Waals surface area contributed by atoms with Crippen LogP contribution in [0.4, 0.5) is 11.8 Å². The van der Waals surface area contributed by atoms with Crippen LogP contribution in [0.1, 0.15) is 5.56 Å². The topological polar surface area (TPSA) is 67.1 Å². The number of rotatable bonds is 4. The standard InChI is InChI=1S/C9H17N5/c1-11-8-7(4-5-14(2)3)6-12-9(10)13-8/h6H,4-5H2,1-3H3,(H3,10,11,12,13). The predicted molar refractivity (Wildman–Crippen MR) is 58.2 cm³/mol. The van der Waals surface area contributed by atoms with Crippen molar-refractivity contribution in [3.8, 4) is 0 Å². The zero-order valence-electron chi connectivity index (χ0n) is 8.91. The average Bonchev–Trinajstić information content (AvgIpc) is 2.15. The molecule has 0 aliphatic rings. The number of aromatic nitrogens is 2. The maximum atomic E-state index is 5.49. The maximum Gasteiger partial charge on any atom is 0.221 e. The Morgan fingerprint density at radius 2 is 2.21 bits per heavy atom. The van der Waals surface area contributed by atoms with Gasteiger partial charge < -0.3 is 16.0 Å². The Morgan fingerprint density at radius 1 is 1.50 bits per heavy atom. The molecule has 0 aliphatic carbocycles. The Morgan fingerprint density at radius 3 is 2.79 bits per heavy atom. The van der Waals surface area contributed by atoms with Crippen molar-refractivity contribution in [2.75, 3.05) is 38.7 Å². The number of anilines is 2. The van der Waals surface area contributed by atoms with Crippen molar-refractivity contribution in [3.05, 3.63) is 11.8 Å². The van der Waals surface area contributed by atoms with Gasteiger partial charge in [-0.1, -0.05) is 0 Å². The highest BCUT2D eigenvalue weighted by Gasteiger charge is 2.04. The van der Waals surface area contributed by atoms with Crippen molar-refractivity contribution in [1.29, 1.82) is 0 Å². The molecule has 1 aromatic rings. The number of hydrogen-bond acceptors (Lipinski definition) is 5. The van der Waals surface area contributed by atoms with Crippen molar-refractivity contribution in [3.63, 3.8) is 0 Å². The number of likely N-dealkylation sites (N-methyl/N-ethyl adjacent to an activating group) is 1. The number of hydrogen-bond donors (Lipinski definition) is 2. The summed E-state index contributed by atoms with van der Waals surface area (Å²) >= 11 is 0. The Kier molecular flexibility index (Phi) is 3.64. The third-order valence-electron chi connectivity index (χ3n) is 1.95. The van der Waals surface area contributed by atoms with Gasteiger partial charge in [0.15, 0.2) is 0 Å². The van der Waals surface area contributed by atoms with Gasteiger partial charge in [-0.2, -0.15) is 4.98 Å². The quantitative estimate of drug-likeness (QED) is 0.718. The lowest BCUT2D eigenvalue weighted by Crippen LogP contribution is -2.16. The molecule has 14 heavy (non-hydrogen) atoms. The normalized spacial score (nSPS) is 10.6. The van der Waals surface area contributed by atoms with Gasteiger partial charge in [0.25, 0.3) is 0 Å². The van der Waals surface area contributed by atoms with Gasteiger partial charge in [0.05, 0.1) is 0 Å². The van der Waals surface area contributed by atoms with Crippen LogP contribution >= 0.6 is 0 Å². The lowest BCUT2D eigenvalue weighted by Gasteiger charge is -2.11. The molecule has 1 heterocycles. The summed E-state index contributed by atoms with van der Waals surface area (Å²) in [5, 5.41) is 3.01. The second-order valence-electron chi connectivity index (χ2n) is 3.41. The van der Waals surface area contributed by atoms with Gasteiger partial charge in [-0.15, -0.1) is 0 Å². The van der Waals surface area contributed by atoms with E-state index in [1.54, 1.807) is 6.20 Å². The molecule has 0 bridgehead atoms. The van der Waals surface area contributed by atoms with Crippen LogP contribution in [0.2, 0.25) is 0 Å². The minimum Gasteiger partial charge on any atom is -0.373 e. The van der Waals surface area contributed by atoms with Gasteiger partial charge in [-0.05, 0) is 20.5 Å². The highest BCUT2D eigenvalue weighted by atomic mass is 15.1. The Bertz CT molecular complexity index is 297. The summed E-state index contributed by atoms with van der Waals surface area (Å²) in [5.74, 6) is 1.13. The zero-order valence-corrected chi connectivity index (χ0v) is 8.91. The molecule has 0 fully saturated rings. The molecule has 78 valence electrons. The minimum atomic E-state index is 0.308. The van der Waals surface area contributed by atoms with Gasteiger partial charge >= 0.3 is 0 Å². The molecule has 5 heteroatoms. The summed E-state index contributed by atoms with van der Waals surface area (Å²) in [5.41, 5.74) is 6.58. The van der Waals surface area contributed by atoms with Gasteiger partial charge in [-0.3, -0.25) is 0 Å². The summed E-state index contributed by atoms with van der Waals surface area (Å²) in [6, 6.07) is 0. The van der Waals surface area contributed by atoms with E-state index in [4.69, 9.17) is 5.73 Å². The van der Waals surface area contributed by atoms with Crippen molar-refractivity contribution in [2.24, 2.45) is 0 Å². The Balaban J connectivity index is 2.75. The molecule has 0 radical (unpaired) electrons. The lowest BCUT2D eigenvalue weighted by molar-refractivity contribution is 0.413. The number of nitrogens with one attached hydrogen (secondary N) is 1. The second-order valence-corrected chi connectivity index (χ2v) is 3.41. The van der Waals surface area contributed by atoms with Crippen molar-refractivity contribution < 1.29 is 0 Å². The van der Waals surface area contributed by atoms with Crippen LogP contribution in [0.5, 0.6) is 0 Å². The summed E-state index contributed by atoms with van der Waals surface area (Å²) in [7, 11) is 5.91. The molecule has 0 aromatic carbocycles. The fourth-order valence-electron chi connectivity index (χ4n) is 1.16. The SMILES string of the molecule is CNc1nc(N)ncc1CCN(C)C. The fraction of sp³-hybridized carbons (Fsp3) is 0.556. The molecular formula is C9H17N5. The molecule has 1 aromatic heterocycles. The highest BCUT2D eigenvalue weighted by Crippen LogP contribution is 2.12. The van der Waals surface area contributed by atoms with E-state index in [2.05, 4.69) is 20.2 Å². The highest BCUT2D eigenvalue weighted by molar-refractivity contribution is 5.45. The molecule has 3 N–H and O–H groups in total. The Hall–Kier alpha value is -1.36. The summed E-state index contributed by atoms with van der Waals surface area (Å²) < 4.78 is 0. The molecule has 0 spiro atoms. The fourth-order valence-corrected chi connectivity index (χ4v) is 1.16. The van der Waals surface area contributed by atoms with Crippen LogP contribution in [0, 0.1) is 0 Å². The van der Waals surface area contributed by atoms with Crippen LogP contribution in [0.25, 0.3) is 0 Å². The number of nitrogens with zero attached hydrogens (tertiary/aromatic N) is 3. The zero-order chi connectivity index (χ0) is 10.6. The maximum absolute atomic E-state index is 5.49. The van der Waals surface area contributed by atoms with Gasteiger partial charge in [0.1, 0.15) is 5.82 Å². The van der Waals surface area contributed by atoms with Crippen molar-refractivity contribution in [1.82, 2.24) is 14.9 Å². The number of nitrogen functional groups attached to an aromatic ring is 1. The van der Waals surface area contributed by atoms with E-state index in [-0.39, 0.29) is 0 Å². The molecule has 0 amide bonds. The first-order valence-corrected chi connectivity index (χ1v) is 4.57. The third kappa shape index (κ3) is 2.85. The molecule has 0 unspecified atom stereocenters. The summed E-state index contributed by atoms with van der Waals surface area (Å²) in [6.45, 7) is 0.974. The minimum absolute atomic E-state index is 0.308. The molecular weight excluding hydrogens is 178 g/mol. The molecule has 0 atom stereocenters.